The smallest absolute Gasteiger partial charge is 0.306 e. The topological polar surface area (TPSA) is 60.8 Å². The number of carboxylic acids is 1. The number of hydrogen-bond acceptors (Lipinski definition) is 3. The predicted molar refractivity (Wildman–Crippen MR) is 64.2 cm³/mol. The van der Waals surface area contributed by atoms with Gasteiger partial charge in [-0.3, -0.25) is 9.69 Å². The first-order valence-corrected chi connectivity index (χ1v) is 6.17. The van der Waals surface area contributed by atoms with E-state index in [1.807, 2.05) is 4.90 Å². The minimum atomic E-state index is -0.787. The molecule has 0 spiro atoms. The van der Waals surface area contributed by atoms with Crippen LogP contribution in [0.5, 0.6) is 0 Å². The van der Waals surface area contributed by atoms with Crippen molar-refractivity contribution >= 4 is 5.97 Å². The second-order valence-corrected chi connectivity index (χ2v) is 4.33. The van der Waals surface area contributed by atoms with E-state index in [9.17, 15) is 9.90 Å². The normalized spacial score (nSPS) is 15.1. The highest BCUT2D eigenvalue weighted by Crippen LogP contribution is 2.12. The molecule has 0 rings (SSSR count). The summed E-state index contributed by atoms with van der Waals surface area (Å²) in [5.41, 5.74) is 0. The van der Waals surface area contributed by atoms with Gasteiger partial charge in [0.1, 0.15) is 6.23 Å². The molecule has 0 saturated heterocycles. The SMILES string of the molecule is CCCN(CCC)C(O)CCC(C)C(=O)O. The summed E-state index contributed by atoms with van der Waals surface area (Å²) < 4.78 is 0. The number of aliphatic carboxylic acids is 1. The van der Waals surface area contributed by atoms with Gasteiger partial charge in [0.05, 0.1) is 5.92 Å². The highest BCUT2D eigenvalue weighted by atomic mass is 16.4. The number of carboxylic acid groups (broad SMARTS) is 1. The Morgan fingerprint density at radius 1 is 1.19 bits per heavy atom. The van der Waals surface area contributed by atoms with Gasteiger partial charge in [0.2, 0.25) is 0 Å². The summed E-state index contributed by atoms with van der Waals surface area (Å²) >= 11 is 0. The molecule has 2 N–H and O–H groups in total. The lowest BCUT2D eigenvalue weighted by Crippen LogP contribution is -2.36. The van der Waals surface area contributed by atoms with Crippen LogP contribution in [0.3, 0.4) is 0 Å². The van der Waals surface area contributed by atoms with E-state index in [0.29, 0.717) is 12.8 Å². The maximum absolute atomic E-state index is 10.6. The van der Waals surface area contributed by atoms with E-state index in [0.717, 1.165) is 25.9 Å². The Hall–Kier alpha value is -0.610. The Bertz CT molecular complexity index is 191. The molecule has 0 saturated carbocycles. The van der Waals surface area contributed by atoms with Crippen LogP contribution in [-0.2, 0) is 4.79 Å². The lowest BCUT2D eigenvalue weighted by atomic mass is 10.0. The summed E-state index contributed by atoms with van der Waals surface area (Å²) in [5, 5.41) is 18.7. The van der Waals surface area contributed by atoms with Gasteiger partial charge in [-0.05, 0) is 25.7 Å². The zero-order valence-electron chi connectivity index (χ0n) is 10.6. The van der Waals surface area contributed by atoms with Crippen molar-refractivity contribution in [3.8, 4) is 0 Å². The average molecular weight is 231 g/mol. The maximum atomic E-state index is 10.6. The van der Waals surface area contributed by atoms with Gasteiger partial charge in [-0.2, -0.15) is 0 Å². The Balaban J connectivity index is 3.98. The van der Waals surface area contributed by atoms with Crippen LogP contribution < -0.4 is 0 Å². The van der Waals surface area contributed by atoms with Crippen molar-refractivity contribution in [3.05, 3.63) is 0 Å². The summed E-state index contributed by atoms with van der Waals surface area (Å²) in [4.78, 5) is 12.7. The van der Waals surface area contributed by atoms with Crippen molar-refractivity contribution in [2.45, 2.75) is 52.7 Å². The second-order valence-electron chi connectivity index (χ2n) is 4.33. The third kappa shape index (κ3) is 6.08. The van der Waals surface area contributed by atoms with Crippen molar-refractivity contribution in [1.29, 1.82) is 0 Å². The minimum absolute atomic E-state index is 0.375. The van der Waals surface area contributed by atoms with Gasteiger partial charge >= 0.3 is 5.97 Å². The molecule has 0 aromatic heterocycles. The minimum Gasteiger partial charge on any atom is -0.481 e. The quantitative estimate of drug-likeness (QED) is 0.595. The fourth-order valence-electron chi connectivity index (χ4n) is 1.69. The molecular weight excluding hydrogens is 206 g/mol. The van der Waals surface area contributed by atoms with Gasteiger partial charge in [0.25, 0.3) is 0 Å². The number of hydrogen-bond donors (Lipinski definition) is 2. The van der Waals surface area contributed by atoms with Gasteiger partial charge < -0.3 is 10.2 Å². The molecule has 0 radical (unpaired) electrons. The van der Waals surface area contributed by atoms with Gasteiger partial charge in [-0.15, -0.1) is 0 Å². The maximum Gasteiger partial charge on any atom is 0.306 e. The monoisotopic (exact) mass is 231 g/mol. The van der Waals surface area contributed by atoms with E-state index < -0.39 is 12.2 Å². The lowest BCUT2D eigenvalue weighted by Gasteiger charge is -2.27. The lowest BCUT2D eigenvalue weighted by molar-refractivity contribution is -0.141. The third-order valence-corrected chi connectivity index (χ3v) is 2.72. The van der Waals surface area contributed by atoms with Crippen LogP contribution in [0.1, 0.15) is 46.5 Å². The molecule has 2 unspecified atom stereocenters. The van der Waals surface area contributed by atoms with E-state index in [-0.39, 0.29) is 5.92 Å². The van der Waals surface area contributed by atoms with Crippen LogP contribution in [0.2, 0.25) is 0 Å². The molecule has 4 heteroatoms. The van der Waals surface area contributed by atoms with E-state index >= 15 is 0 Å². The molecule has 4 nitrogen and oxygen atoms in total. The molecule has 16 heavy (non-hydrogen) atoms. The van der Waals surface area contributed by atoms with Gasteiger partial charge in [0, 0.05) is 13.1 Å². The first-order valence-electron chi connectivity index (χ1n) is 6.17. The highest BCUT2D eigenvalue weighted by molar-refractivity contribution is 5.69. The molecule has 0 aromatic rings. The number of nitrogens with zero attached hydrogens (tertiary/aromatic N) is 1. The Kier molecular flexibility index (Phi) is 8.21. The van der Waals surface area contributed by atoms with E-state index in [4.69, 9.17) is 5.11 Å². The Morgan fingerprint density at radius 3 is 2.06 bits per heavy atom. The zero-order chi connectivity index (χ0) is 12.6. The first-order chi connectivity index (χ1) is 7.52. The van der Waals surface area contributed by atoms with E-state index in [2.05, 4.69) is 13.8 Å². The summed E-state index contributed by atoms with van der Waals surface area (Å²) in [5.74, 6) is -1.16. The van der Waals surface area contributed by atoms with Gasteiger partial charge in [0.15, 0.2) is 0 Å². The fourth-order valence-corrected chi connectivity index (χ4v) is 1.69. The first kappa shape index (κ1) is 15.4. The standard InChI is InChI=1S/C12H25NO3/c1-4-8-13(9-5-2)11(14)7-6-10(3)12(15)16/h10-11,14H,4-9H2,1-3H3,(H,15,16). The molecule has 0 aromatic carbocycles. The van der Waals surface area contributed by atoms with Gasteiger partial charge in [-0.25, -0.2) is 0 Å². The Labute approximate surface area is 98.3 Å². The number of aliphatic hydroxyl groups excluding tert-OH is 1. The van der Waals surface area contributed by atoms with Crippen molar-refractivity contribution in [2.24, 2.45) is 5.92 Å². The molecule has 0 heterocycles. The molecule has 0 aliphatic carbocycles. The van der Waals surface area contributed by atoms with E-state index in [1.165, 1.54) is 0 Å². The Morgan fingerprint density at radius 2 is 1.69 bits per heavy atom. The van der Waals surface area contributed by atoms with E-state index in [1.54, 1.807) is 6.92 Å². The molecule has 0 aliphatic heterocycles. The third-order valence-electron chi connectivity index (χ3n) is 2.72. The van der Waals surface area contributed by atoms with Crippen molar-refractivity contribution in [1.82, 2.24) is 4.90 Å². The molecular formula is C12H25NO3. The molecule has 96 valence electrons. The molecule has 0 aliphatic rings. The number of aliphatic hydroxyl groups is 1. The summed E-state index contributed by atoms with van der Waals surface area (Å²) in [7, 11) is 0. The van der Waals surface area contributed by atoms with Crippen molar-refractivity contribution in [3.63, 3.8) is 0 Å². The average Bonchev–Trinajstić information content (AvgIpc) is 2.24. The van der Waals surface area contributed by atoms with Crippen LogP contribution in [0.15, 0.2) is 0 Å². The predicted octanol–water partition coefficient (Wildman–Crippen LogP) is 1.93. The zero-order valence-corrected chi connectivity index (χ0v) is 10.6. The summed E-state index contributed by atoms with van der Waals surface area (Å²) in [6.45, 7) is 7.58. The largest absolute Gasteiger partial charge is 0.481 e. The van der Waals surface area contributed by atoms with Crippen LogP contribution in [-0.4, -0.2) is 40.4 Å². The van der Waals surface area contributed by atoms with Crippen molar-refractivity contribution < 1.29 is 15.0 Å². The number of rotatable bonds is 9. The molecule has 0 fully saturated rings. The number of carbonyl (C=O) groups is 1. The van der Waals surface area contributed by atoms with Crippen LogP contribution in [0.4, 0.5) is 0 Å². The van der Waals surface area contributed by atoms with Crippen LogP contribution in [0.25, 0.3) is 0 Å². The highest BCUT2D eigenvalue weighted by Gasteiger charge is 2.17. The summed E-state index contributed by atoms with van der Waals surface area (Å²) in [6.07, 6.45) is 2.58. The van der Waals surface area contributed by atoms with Crippen molar-refractivity contribution in [2.75, 3.05) is 13.1 Å². The molecule has 0 bridgehead atoms. The summed E-state index contributed by atoms with van der Waals surface area (Å²) in [6, 6.07) is 0. The molecule has 0 amide bonds. The molecule has 2 atom stereocenters. The van der Waals surface area contributed by atoms with Crippen LogP contribution in [0, 0.1) is 5.92 Å². The second kappa shape index (κ2) is 8.53. The van der Waals surface area contributed by atoms with Gasteiger partial charge in [-0.1, -0.05) is 20.8 Å². The van der Waals surface area contributed by atoms with Crippen LogP contribution >= 0.6 is 0 Å². The fraction of sp³-hybridized carbons (Fsp3) is 0.917.